The predicted octanol–water partition coefficient (Wildman–Crippen LogP) is 4.93. The lowest BCUT2D eigenvalue weighted by atomic mass is 9.76. The minimum atomic E-state index is -1.25. The summed E-state index contributed by atoms with van der Waals surface area (Å²) in [5.74, 6) is -1.95. The van der Waals surface area contributed by atoms with Crippen molar-refractivity contribution in [2.75, 3.05) is 29.4 Å². The van der Waals surface area contributed by atoms with Crippen molar-refractivity contribution >= 4 is 28.9 Å². The van der Waals surface area contributed by atoms with Crippen LogP contribution in [0.5, 0.6) is 0 Å². The highest BCUT2D eigenvalue weighted by Crippen LogP contribution is 2.46. The van der Waals surface area contributed by atoms with E-state index in [2.05, 4.69) is 22.8 Å². The SMILES string of the molecule is C[C@H]1CC2(CCN(c3ccc(C(=O)O)c(F)c3)CC2)CN1c1ccc(C#N)c(Cl)c1. The van der Waals surface area contributed by atoms with Crippen molar-refractivity contribution in [2.45, 2.75) is 32.2 Å². The van der Waals surface area contributed by atoms with Gasteiger partial charge in [0.05, 0.1) is 16.1 Å². The van der Waals surface area contributed by atoms with Crippen molar-refractivity contribution in [1.29, 1.82) is 5.26 Å². The van der Waals surface area contributed by atoms with E-state index in [1.165, 1.54) is 12.1 Å². The molecule has 1 atom stereocenters. The first-order valence-electron chi connectivity index (χ1n) is 10.1. The molecule has 7 heteroatoms. The smallest absolute Gasteiger partial charge is 0.338 e. The number of hydrogen-bond donors (Lipinski definition) is 1. The number of carbonyl (C=O) groups is 1. The molecular formula is C23H23ClFN3O2. The van der Waals surface area contributed by atoms with Crippen LogP contribution in [0.3, 0.4) is 0 Å². The van der Waals surface area contributed by atoms with Gasteiger partial charge in [-0.3, -0.25) is 0 Å². The van der Waals surface area contributed by atoms with Crippen molar-refractivity contribution < 1.29 is 14.3 Å². The van der Waals surface area contributed by atoms with Gasteiger partial charge in [0.2, 0.25) is 0 Å². The molecule has 0 bridgehead atoms. The zero-order valence-electron chi connectivity index (χ0n) is 16.7. The monoisotopic (exact) mass is 427 g/mol. The highest BCUT2D eigenvalue weighted by molar-refractivity contribution is 6.32. The molecule has 2 heterocycles. The molecule has 4 rings (SSSR count). The van der Waals surface area contributed by atoms with Crippen LogP contribution < -0.4 is 9.80 Å². The van der Waals surface area contributed by atoms with Crippen molar-refractivity contribution in [3.63, 3.8) is 0 Å². The zero-order chi connectivity index (χ0) is 21.5. The largest absolute Gasteiger partial charge is 0.478 e. The van der Waals surface area contributed by atoms with Crippen LogP contribution in [0.1, 0.15) is 42.1 Å². The normalized spacial score (nSPS) is 20.4. The molecule has 1 spiro atoms. The number of carboxylic acid groups (broad SMARTS) is 1. The zero-order valence-corrected chi connectivity index (χ0v) is 17.5. The van der Waals surface area contributed by atoms with Crippen LogP contribution in [0.2, 0.25) is 5.02 Å². The van der Waals surface area contributed by atoms with Crippen LogP contribution in [0.15, 0.2) is 36.4 Å². The molecule has 0 aliphatic carbocycles. The van der Waals surface area contributed by atoms with Crippen LogP contribution in [-0.4, -0.2) is 36.8 Å². The highest BCUT2D eigenvalue weighted by atomic mass is 35.5. The molecule has 0 aromatic heterocycles. The summed E-state index contributed by atoms with van der Waals surface area (Å²) in [5, 5.41) is 18.6. The molecule has 2 aromatic rings. The van der Waals surface area contributed by atoms with Gasteiger partial charge < -0.3 is 14.9 Å². The minimum Gasteiger partial charge on any atom is -0.478 e. The van der Waals surface area contributed by atoms with Gasteiger partial charge >= 0.3 is 5.97 Å². The standard InChI is InChI=1S/C23H23ClFN3O2/c1-15-12-23(14-28(15)18-3-2-16(13-26)20(24)10-18)6-8-27(9-7-23)17-4-5-19(22(29)30)21(25)11-17/h2-5,10-11,15H,6-9,12,14H2,1H3,(H,29,30)/t15-/m0/s1. The number of rotatable bonds is 3. The molecule has 5 nitrogen and oxygen atoms in total. The molecule has 2 aliphatic heterocycles. The lowest BCUT2D eigenvalue weighted by Gasteiger charge is -2.40. The highest BCUT2D eigenvalue weighted by Gasteiger charge is 2.44. The number of piperidine rings is 1. The number of aromatic carboxylic acids is 1. The maximum absolute atomic E-state index is 14.1. The number of benzene rings is 2. The molecule has 2 aromatic carbocycles. The molecule has 2 saturated heterocycles. The van der Waals surface area contributed by atoms with Crippen molar-refractivity contribution in [3.05, 3.63) is 58.4 Å². The van der Waals surface area contributed by atoms with E-state index >= 15 is 0 Å². The van der Waals surface area contributed by atoms with Gasteiger partial charge in [0.15, 0.2) is 0 Å². The molecule has 0 radical (unpaired) electrons. The number of anilines is 2. The van der Waals surface area contributed by atoms with Crippen LogP contribution in [0.4, 0.5) is 15.8 Å². The Balaban J connectivity index is 1.46. The summed E-state index contributed by atoms with van der Waals surface area (Å²) in [4.78, 5) is 15.5. The number of halogens is 2. The van der Waals surface area contributed by atoms with E-state index in [0.29, 0.717) is 16.6 Å². The van der Waals surface area contributed by atoms with Gasteiger partial charge in [0.1, 0.15) is 11.9 Å². The molecule has 0 amide bonds. The molecule has 156 valence electrons. The third kappa shape index (κ3) is 3.70. The molecule has 0 unspecified atom stereocenters. The Hall–Kier alpha value is -2.78. The molecule has 2 fully saturated rings. The molecule has 2 aliphatic rings. The lowest BCUT2D eigenvalue weighted by Crippen LogP contribution is -2.41. The summed E-state index contributed by atoms with van der Waals surface area (Å²) in [6.07, 6.45) is 3.05. The number of nitriles is 1. The van der Waals surface area contributed by atoms with Gasteiger partial charge in [-0.05, 0) is 68.0 Å². The second-order valence-corrected chi connectivity index (χ2v) is 8.82. The Morgan fingerprint density at radius 3 is 2.53 bits per heavy atom. The Bertz CT molecular complexity index is 1030. The Morgan fingerprint density at radius 1 is 1.23 bits per heavy atom. The van der Waals surface area contributed by atoms with Gasteiger partial charge in [-0.2, -0.15) is 5.26 Å². The van der Waals surface area contributed by atoms with E-state index in [9.17, 15) is 9.18 Å². The molecule has 30 heavy (non-hydrogen) atoms. The van der Waals surface area contributed by atoms with Crippen molar-refractivity contribution in [3.8, 4) is 6.07 Å². The maximum atomic E-state index is 14.1. The van der Waals surface area contributed by atoms with E-state index in [1.807, 2.05) is 12.1 Å². The first-order chi connectivity index (χ1) is 14.3. The predicted molar refractivity (Wildman–Crippen MR) is 115 cm³/mol. The van der Waals surface area contributed by atoms with E-state index < -0.39 is 11.8 Å². The van der Waals surface area contributed by atoms with E-state index in [0.717, 1.165) is 50.3 Å². The fourth-order valence-electron chi connectivity index (χ4n) is 4.91. The van der Waals surface area contributed by atoms with E-state index in [1.54, 1.807) is 12.1 Å². The first-order valence-corrected chi connectivity index (χ1v) is 10.4. The Kier molecular flexibility index (Phi) is 5.33. The Labute approximate surface area is 180 Å². The average molecular weight is 428 g/mol. The first kappa shape index (κ1) is 20.5. The number of carboxylic acids is 1. The molecule has 1 N–H and O–H groups in total. The van der Waals surface area contributed by atoms with Crippen molar-refractivity contribution in [1.82, 2.24) is 0 Å². The van der Waals surface area contributed by atoms with Gasteiger partial charge in [-0.15, -0.1) is 0 Å². The third-order valence-corrected chi connectivity index (χ3v) is 6.86. The fraction of sp³-hybridized carbons (Fsp3) is 0.391. The minimum absolute atomic E-state index is 0.190. The maximum Gasteiger partial charge on any atom is 0.338 e. The Morgan fingerprint density at radius 2 is 1.93 bits per heavy atom. The second kappa shape index (κ2) is 7.81. The molecular weight excluding hydrogens is 405 g/mol. The summed E-state index contributed by atoms with van der Waals surface area (Å²) in [5.41, 5.74) is 2.15. The van der Waals surface area contributed by atoms with Gasteiger partial charge in [-0.25, -0.2) is 9.18 Å². The summed E-state index contributed by atoms with van der Waals surface area (Å²) in [7, 11) is 0. The topological polar surface area (TPSA) is 67.6 Å². The average Bonchev–Trinajstić information content (AvgIpc) is 3.03. The van der Waals surface area contributed by atoms with Crippen LogP contribution in [0.25, 0.3) is 0 Å². The van der Waals surface area contributed by atoms with Gasteiger partial charge in [0, 0.05) is 37.1 Å². The van der Waals surface area contributed by atoms with Crippen LogP contribution in [0, 0.1) is 22.6 Å². The molecule has 0 saturated carbocycles. The fourth-order valence-corrected chi connectivity index (χ4v) is 5.13. The van der Waals surface area contributed by atoms with Crippen LogP contribution >= 0.6 is 11.6 Å². The van der Waals surface area contributed by atoms with Crippen LogP contribution in [-0.2, 0) is 0 Å². The summed E-state index contributed by atoms with van der Waals surface area (Å²) in [6.45, 7) is 4.75. The third-order valence-electron chi connectivity index (χ3n) is 6.54. The van der Waals surface area contributed by atoms with Gasteiger partial charge in [-0.1, -0.05) is 11.6 Å². The number of hydrogen-bond acceptors (Lipinski definition) is 4. The van der Waals surface area contributed by atoms with E-state index in [-0.39, 0.29) is 11.0 Å². The van der Waals surface area contributed by atoms with Crippen molar-refractivity contribution in [2.24, 2.45) is 5.41 Å². The summed E-state index contributed by atoms with van der Waals surface area (Å²) < 4.78 is 14.1. The number of nitrogens with zero attached hydrogens (tertiary/aromatic N) is 3. The van der Waals surface area contributed by atoms with Gasteiger partial charge in [0.25, 0.3) is 0 Å². The lowest BCUT2D eigenvalue weighted by molar-refractivity contribution is 0.0692. The quantitative estimate of drug-likeness (QED) is 0.751. The van der Waals surface area contributed by atoms with E-state index in [4.69, 9.17) is 22.0 Å². The second-order valence-electron chi connectivity index (χ2n) is 8.41. The summed E-state index contributed by atoms with van der Waals surface area (Å²) in [6, 6.07) is 12.4. The summed E-state index contributed by atoms with van der Waals surface area (Å²) >= 11 is 6.24.